The number of hydrogen-bond donors (Lipinski definition) is 0. The van der Waals surface area contributed by atoms with Gasteiger partial charge in [-0.2, -0.15) is 0 Å². The van der Waals surface area contributed by atoms with Crippen LogP contribution in [0, 0.1) is 0 Å². The average molecular weight is 376 g/mol. The van der Waals surface area contributed by atoms with Gasteiger partial charge in [0.25, 0.3) is 0 Å². The van der Waals surface area contributed by atoms with Gasteiger partial charge in [-0.05, 0) is 44.6 Å². The fourth-order valence-corrected chi connectivity index (χ4v) is 10.5. The predicted molar refractivity (Wildman–Crippen MR) is 113 cm³/mol. The Morgan fingerprint density at radius 3 is 1.77 bits per heavy atom. The first-order valence-electron chi connectivity index (χ1n) is 11.5. The van der Waals surface area contributed by atoms with Crippen molar-refractivity contribution in [1.82, 2.24) is 0 Å². The summed E-state index contributed by atoms with van der Waals surface area (Å²) in [6, 6.07) is 0.593. The Hall–Kier alpha value is -0.490. The van der Waals surface area contributed by atoms with Gasteiger partial charge in [0, 0.05) is 17.7 Å². The molecular weight excluding hydrogens is 337 g/mol. The Kier molecular flexibility index (Phi) is 6.62. The third-order valence-corrected chi connectivity index (χ3v) is 11.5. The molecule has 146 valence electrons. The summed E-state index contributed by atoms with van der Waals surface area (Å²) in [6.45, 7) is 0. The summed E-state index contributed by atoms with van der Waals surface area (Å²) in [5, 5.41) is 0. The van der Waals surface area contributed by atoms with Crippen molar-refractivity contribution in [3.05, 3.63) is 24.0 Å². The maximum atomic E-state index is 7.12. The lowest BCUT2D eigenvalue weighted by molar-refractivity contribution is 0.378. The molecule has 0 N–H and O–H groups in total. The number of rotatable bonds is 5. The normalized spacial score (nSPS) is 26.7. The number of hydrogen-bond acceptors (Lipinski definition) is 2. The zero-order chi connectivity index (χ0) is 17.7. The molecule has 4 aliphatic rings. The fraction of sp³-hybridized carbons (Fsp3) is 0.826. The summed E-state index contributed by atoms with van der Waals surface area (Å²) < 4.78 is 12.9. The van der Waals surface area contributed by atoms with Gasteiger partial charge >= 0.3 is 0 Å². The monoisotopic (exact) mass is 375 g/mol. The molecule has 0 radical (unpaired) electrons. The Morgan fingerprint density at radius 2 is 1.27 bits per heavy atom. The second kappa shape index (κ2) is 9.13. The van der Waals surface area contributed by atoms with E-state index in [1.165, 1.54) is 102 Å². The molecule has 3 heteroatoms. The van der Waals surface area contributed by atoms with Gasteiger partial charge in [-0.3, -0.25) is 4.74 Å². The van der Waals surface area contributed by atoms with E-state index in [2.05, 4.69) is 18.2 Å². The maximum absolute atomic E-state index is 7.12. The maximum Gasteiger partial charge on any atom is 0.139 e. The van der Waals surface area contributed by atoms with E-state index >= 15 is 0 Å². The van der Waals surface area contributed by atoms with Gasteiger partial charge in [0.1, 0.15) is 13.0 Å². The van der Waals surface area contributed by atoms with Gasteiger partial charge in [0.2, 0.25) is 0 Å². The highest BCUT2D eigenvalue weighted by atomic mass is 31.2. The molecule has 4 aliphatic carbocycles. The molecule has 0 spiro atoms. The minimum absolute atomic E-state index is 0.593. The highest BCUT2D eigenvalue weighted by Gasteiger charge is 2.42. The molecule has 0 bridgehead atoms. The van der Waals surface area contributed by atoms with E-state index in [0.717, 1.165) is 17.7 Å². The Balaban J connectivity index is 1.70. The van der Waals surface area contributed by atoms with Crippen LogP contribution in [0.25, 0.3) is 0 Å². The lowest BCUT2D eigenvalue weighted by Gasteiger charge is -2.43. The van der Waals surface area contributed by atoms with Gasteiger partial charge in [0.15, 0.2) is 0 Å². The second-order valence-corrected chi connectivity index (χ2v) is 12.2. The molecule has 3 fully saturated rings. The molecule has 3 saturated carbocycles. The van der Waals surface area contributed by atoms with E-state index in [9.17, 15) is 0 Å². The SMILES string of the molecule is C1=CCC(OP(=NC2CCCCC2)(C2CCCCC2)C2CCCCC2)=C1. The molecule has 26 heavy (non-hydrogen) atoms. The highest BCUT2D eigenvalue weighted by molar-refractivity contribution is 7.63. The fourth-order valence-electron chi connectivity index (χ4n) is 5.70. The van der Waals surface area contributed by atoms with Crippen LogP contribution in [-0.4, -0.2) is 17.4 Å². The lowest BCUT2D eigenvalue weighted by atomic mass is 9.96. The third kappa shape index (κ3) is 4.32. The second-order valence-electron chi connectivity index (χ2n) is 9.02. The zero-order valence-corrected chi connectivity index (χ0v) is 17.5. The van der Waals surface area contributed by atoms with E-state index in [4.69, 9.17) is 9.27 Å². The molecular formula is C23H38NOP. The largest absolute Gasteiger partial charge is 0.463 e. The molecule has 0 saturated heterocycles. The van der Waals surface area contributed by atoms with Crippen molar-refractivity contribution in [3.8, 4) is 0 Å². The van der Waals surface area contributed by atoms with Crippen molar-refractivity contribution < 1.29 is 4.52 Å². The van der Waals surface area contributed by atoms with Crippen LogP contribution >= 0.6 is 7.28 Å². The van der Waals surface area contributed by atoms with Crippen LogP contribution in [0.15, 0.2) is 28.7 Å². The summed E-state index contributed by atoms with van der Waals surface area (Å²) >= 11 is 0. The first-order valence-corrected chi connectivity index (χ1v) is 13.3. The molecule has 0 atom stereocenters. The van der Waals surface area contributed by atoms with Crippen LogP contribution in [-0.2, 0) is 4.52 Å². The molecule has 4 rings (SSSR count). The molecule has 0 heterocycles. The predicted octanol–water partition coefficient (Wildman–Crippen LogP) is 7.96. The van der Waals surface area contributed by atoms with Crippen LogP contribution in [0.4, 0.5) is 0 Å². The molecule has 0 aromatic rings. The van der Waals surface area contributed by atoms with Crippen LogP contribution in [0.5, 0.6) is 0 Å². The Labute approximate surface area is 161 Å². The minimum atomic E-state index is -1.75. The van der Waals surface area contributed by atoms with Gasteiger partial charge < -0.3 is 4.52 Å². The standard InChI is InChI=1S/C23H38NOP/c1-4-12-20(13-5-1)24-26(22-16-6-2-7-17-22,23-18-8-3-9-19-23)25-21-14-10-11-15-21/h10-11,14,20,22-23H,1-9,12-13,15-19H2. The molecule has 0 unspecified atom stereocenters. The molecule has 0 aromatic carbocycles. The Morgan fingerprint density at radius 1 is 0.731 bits per heavy atom. The van der Waals surface area contributed by atoms with Crippen LogP contribution in [0.2, 0.25) is 0 Å². The molecule has 0 aromatic heterocycles. The van der Waals surface area contributed by atoms with Crippen LogP contribution in [0.1, 0.15) is 103 Å². The van der Waals surface area contributed by atoms with Crippen molar-refractivity contribution in [2.45, 2.75) is 120 Å². The summed E-state index contributed by atoms with van der Waals surface area (Å²) in [5.41, 5.74) is 1.51. The molecule has 0 amide bonds. The van der Waals surface area contributed by atoms with E-state index < -0.39 is 7.28 Å². The first-order chi connectivity index (χ1) is 12.9. The number of nitrogens with zero attached hydrogens (tertiary/aromatic N) is 1. The van der Waals surface area contributed by atoms with Gasteiger partial charge in [0.05, 0.1) is 6.04 Å². The van der Waals surface area contributed by atoms with Crippen molar-refractivity contribution in [3.63, 3.8) is 0 Å². The average Bonchev–Trinajstić information content (AvgIpc) is 3.22. The van der Waals surface area contributed by atoms with Crippen LogP contribution < -0.4 is 0 Å². The first kappa shape index (κ1) is 18.9. The van der Waals surface area contributed by atoms with E-state index in [1.54, 1.807) is 0 Å². The zero-order valence-electron chi connectivity index (χ0n) is 16.6. The topological polar surface area (TPSA) is 21.6 Å². The van der Waals surface area contributed by atoms with Crippen molar-refractivity contribution in [1.29, 1.82) is 0 Å². The summed E-state index contributed by atoms with van der Waals surface area (Å²) in [7, 11) is -1.75. The number of allylic oxidation sites excluding steroid dienone is 3. The van der Waals surface area contributed by atoms with Crippen LogP contribution in [0.3, 0.4) is 0 Å². The highest BCUT2D eigenvalue weighted by Crippen LogP contribution is 2.68. The van der Waals surface area contributed by atoms with Crippen molar-refractivity contribution >= 4 is 7.28 Å². The van der Waals surface area contributed by atoms with Gasteiger partial charge in [-0.25, -0.2) is 0 Å². The molecule has 2 nitrogen and oxygen atoms in total. The third-order valence-electron chi connectivity index (χ3n) is 7.11. The van der Waals surface area contributed by atoms with Crippen molar-refractivity contribution in [2.24, 2.45) is 4.74 Å². The van der Waals surface area contributed by atoms with E-state index in [-0.39, 0.29) is 0 Å². The van der Waals surface area contributed by atoms with Gasteiger partial charge in [-0.1, -0.05) is 69.9 Å². The Bertz CT molecular complexity index is 539. The van der Waals surface area contributed by atoms with E-state index in [0.29, 0.717) is 6.04 Å². The summed E-state index contributed by atoms with van der Waals surface area (Å²) in [6.07, 6.45) is 28.5. The van der Waals surface area contributed by atoms with Crippen molar-refractivity contribution in [2.75, 3.05) is 0 Å². The summed E-state index contributed by atoms with van der Waals surface area (Å²) in [4.78, 5) is 0. The minimum Gasteiger partial charge on any atom is -0.463 e. The lowest BCUT2D eigenvalue weighted by Crippen LogP contribution is -2.26. The molecule has 0 aliphatic heterocycles. The smallest absolute Gasteiger partial charge is 0.139 e. The van der Waals surface area contributed by atoms with Gasteiger partial charge in [-0.15, -0.1) is 0 Å². The quantitative estimate of drug-likeness (QED) is 0.447. The summed E-state index contributed by atoms with van der Waals surface area (Å²) in [5.74, 6) is 1.23. The van der Waals surface area contributed by atoms with E-state index in [1.807, 2.05) is 0 Å².